The number of anilines is 1. The molecule has 0 radical (unpaired) electrons. The molecule has 4 rings (SSSR count). The van der Waals surface area contributed by atoms with Crippen molar-refractivity contribution in [3.05, 3.63) is 59.0 Å². The molecule has 9 heteroatoms. The molecule has 4 heterocycles. The monoisotopic (exact) mass is 335 g/mol. The minimum atomic E-state index is -0.342. The van der Waals surface area contributed by atoms with E-state index in [9.17, 15) is 9.59 Å². The molecule has 9 nitrogen and oxygen atoms in total. The summed E-state index contributed by atoms with van der Waals surface area (Å²) in [5.74, 6) is 1.09. The number of nitrogens with one attached hydrogen (secondary N) is 1. The molecule has 0 saturated carbocycles. The van der Waals surface area contributed by atoms with Gasteiger partial charge in [-0.15, -0.1) is 5.10 Å². The molecule has 0 fully saturated rings. The highest BCUT2D eigenvalue weighted by Gasteiger charge is 2.12. The first-order chi connectivity index (χ1) is 12.1. The van der Waals surface area contributed by atoms with Crippen LogP contribution in [0.3, 0.4) is 0 Å². The van der Waals surface area contributed by atoms with Crippen LogP contribution in [-0.2, 0) is 11.3 Å². The van der Waals surface area contributed by atoms with E-state index in [0.29, 0.717) is 28.3 Å². The van der Waals surface area contributed by atoms with Crippen molar-refractivity contribution in [2.24, 2.45) is 0 Å². The molecule has 0 aliphatic heterocycles. The SMILES string of the molecule is Cc1nc2ncc3c(=O)n(CC(=O)Nc4ccccn4)ccc3n2n1. The van der Waals surface area contributed by atoms with Gasteiger partial charge in [0.1, 0.15) is 18.2 Å². The average Bonchev–Trinajstić information content (AvgIpc) is 2.99. The molecule has 1 amide bonds. The first-order valence-electron chi connectivity index (χ1n) is 7.54. The van der Waals surface area contributed by atoms with E-state index >= 15 is 0 Å². The number of hydrogen-bond acceptors (Lipinski definition) is 6. The zero-order chi connectivity index (χ0) is 17.4. The number of fused-ring (bicyclic) bond motifs is 3. The maximum Gasteiger partial charge on any atom is 0.262 e. The summed E-state index contributed by atoms with van der Waals surface area (Å²) in [5.41, 5.74) is 0.271. The predicted molar refractivity (Wildman–Crippen MR) is 90.2 cm³/mol. The summed E-state index contributed by atoms with van der Waals surface area (Å²) in [6.45, 7) is 1.63. The van der Waals surface area contributed by atoms with Crippen LogP contribution < -0.4 is 10.9 Å². The van der Waals surface area contributed by atoms with Gasteiger partial charge in [-0.3, -0.25) is 9.59 Å². The van der Waals surface area contributed by atoms with Gasteiger partial charge >= 0.3 is 0 Å². The first-order valence-corrected chi connectivity index (χ1v) is 7.54. The van der Waals surface area contributed by atoms with E-state index in [4.69, 9.17) is 0 Å². The van der Waals surface area contributed by atoms with Crippen molar-refractivity contribution in [2.75, 3.05) is 5.32 Å². The lowest BCUT2D eigenvalue weighted by atomic mass is 10.3. The van der Waals surface area contributed by atoms with Gasteiger partial charge in [-0.2, -0.15) is 9.50 Å². The van der Waals surface area contributed by atoms with Crippen LogP contribution in [0.4, 0.5) is 5.82 Å². The van der Waals surface area contributed by atoms with Gasteiger partial charge in [-0.05, 0) is 25.1 Å². The maximum atomic E-state index is 12.6. The lowest BCUT2D eigenvalue weighted by Gasteiger charge is -2.08. The number of nitrogens with zero attached hydrogens (tertiary/aromatic N) is 6. The van der Waals surface area contributed by atoms with Crippen molar-refractivity contribution in [3.8, 4) is 0 Å². The maximum absolute atomic E-state index is 12.6. The van der Waals surface area contributed by atoms with Gasteiger partial charge < -0.3 is 9.88 Å². The Balaban J connectivity index is 1.68. The zero-order valence-corrected chi connectivity index (χ0v) is 13.2. The summed E-state index contributed by atoms with van der Waals surface area (Å²) in [6.07, 6.45) is 4.59. The minimum absolute atomic E-state index is 0.125. The molecule has 0 aromatic carbocycles. The molecule has 0 saturated heterocycles. The highest BCUT2D eigenvalue weighted by atomic mass is 16.2. The fourth-order valence-electron chi connectivity index (χ4n) is 2.56. The third-order valence-corrected chi connectivity index (χ3v) is 3.66. The number of aromatic nitrogens is 6. The van der Waals surface area contributed by atoms with E-state index in [2.05, 4.69) is 25.4 Å². The Kier molecular flexibility index (Phi) is 3.46. The van der Waals surface area contributed by atoms with E-state index in [1.54, 1.807) is 43.6 Å². The van der Waals surface area contributed by atoms with Gasteiger partial charge in [0, 0.05) is 18.6 Å². The van der Waals surface area contributed by atoms with Crippen LogP contribution in [0.25, 0.3) is 16.7 Å². The number of hydrogen-bond donors (Lipinski definition) is 1. The average molecular weight is 335 g/mol. The third kappa shape index (κ3) is 2.71. The van der Waals surface area contributed by atoms with E-state index in [1.165, 1.54) is 15.3 Å². The quantitative estimate of drug-likeness (QED) is 0.593. The van der Waals surface area contributed by atoms with E-state index < -0.39 is 0 Å². The highest BCUT2D eigenvalue weighted by molar-refractivity contribution is 5.89. The third-order valence-electron chi connectivity index (χ3n) is 3.66. The second-order valence-corrected chi connectivity index (χ2v) is 5.44. The zero-order valence-electron chi connectivity index (χ0n) is 13.2. The summed E-state index contributed by atoms with van der Waals surface area (Å²) in [5, 5.41) is 7.25. The highest BCUT2D eigenvalue weighted by Crippen LogP contribution is 2.10. The first kappa shape index (κ1) is 14.9. The molecule has 4 aromatic heterocycles. The molecular weight excluding hydrogens is 322 g/mol. The largest absolute Gasteiger partial charge is 0.309 e. The Bertz CT molecular complexity index is 1150. The smallest absolute Gasteiger partial charge is 0.262 e. The molecule has 25 heavy (non-hydrogen) atoms. The van der Waals surface area contributed by atoms with Crippen molar-refractivity contribution in [2.45, 2.75) is 13.5 Å². The van der Waals surface area contributed by atoms with Crippen molar-refractivity contribution in [1.82, 2.24) is 29.1 Å². The summed E-state index contributed by atoms with van der Waals surface area (Å²) in [4.78, 5) is 37.1. The molecular formula is C16H13N7O2. The second-order valence-electron chi connectivity index (χ2n) is 5.44. The fraction of sp³-hybridized carbons (Fsp3) is 0.125. The topological polar surface area (TPSA) is 107 Å². The van der Waals surface area contributed by atoms with E-state index in [0.717, 1.165) is 0 Å². The molecule has 0 unspecified atom stereocenters. The normalized spacial score (nSPS) is 11.1. The minimum Gasteiger partial charge on any atom is -0.309 e. The van der Waals surface area contributed by atoms with Crippen LogP contribution in [0.1, 0.15) is 5.82 Å². The van der Waals surface area contributed by atoms with Crippen molar-refractivity contribution < 1.29 is 4.79 Å². The van der Waals surface area contributed by atoms with Crippen LogP contribution in [0.5, 0.6) is 0 Å². The summed E-state index contributed by atoms with van der Waals surface area (Å²) >= 11 is 0. The Morgan fingerprint density at radius 1 is 1.24 bits per heavy atom. The van der Waals surface area contributed by atoms with Crippen molar-refractivity contribution in [1.29, 1.82) is 0 Å². The Morgan fingerprint density at radius 2 is 2.12 bits per heavy atom. The molecule has 0 aliphatic carbocycles. The van der Waals surface area contributed by atoms with Gasteiger partial charge in [-0.1, -0.05) is 6.07 Å². The lowest BCUT2D eigenvalue weighted by Crippen LogP contribution is -2.27. The van der Waals surface area contributed by atoms with Crippen molar-refractivity contribution >= 4 is 28.4 Å². The Hall–Kier alpha value is -3.62. The molecule has 0 aliphatic rings. The molecule has 0 spiro atoms. The molecule has 1 N–H and O–H groups in total. The number of aryl methyl sites for hydroxylation is 1. The van der Waals surface area contributed by atoms with Gasteiger partial charge in [-0.25, -0.2) is 9.97 Å². The van der Waals surface area contributed by atoms with Crippen LogP contribution in [0, 0.1) is 6.92 Å². The van der Waals surface area contributed by atoms with E-state index in [-0.39, 0.29) is 18.0 Å². The predicted octanol–water partition coefficient (Wildman–Crippen LogP) is 0.781. The van der Waals surface area contributed by atoms with Crippen LogP contribution in [-0.4, -0.2) is 35.0 Å². The molecule has 0 atom stereocenters. The van der Waals surface area contributed by atoms with Crippen LogP contribution in [0.15, 0.2) is 47.7 Å². The Labute approximate surface area is 141 Å². The molecule has 4 aromatic rings. The van der Waals surface area contributed by atoms with Gasteiger partial charge in [0.25, 0.3) is 11.3 Å². The number of rotatable bonds is 3. The summed E-state index contributed by atoms with van der Waals surface area (Å²) in [6, 6.07) is 6.91. The van der Waals surface area contributed by atoms with Crippen molar-refractivity contribution in [3.63, 3.8) is 0 Å². The fourth-order valence-corrected chi connectivity index (χ4v) is 2.56. The van der Waals surface area contributed by atoms with Gasteiger partial charge in [0.2, 0.25) is 5.91 Å². The molecule has 124 valence electrons. The second kappa shape index (κ2) is 5.78. The number of amides is 1. The summed E-state index contributed by atoms with van der Waals surface area (Å²) < 4.78 is 2.84. The Morgan fingerprint density at radius 3 is 2.92 bits per heavy atom. The number of carbonyl (C=O) groups is 1. The standard InChI is InChI=1S/C16H13N7O2/c1-10-19-16-18-8-11-12(23(16)21-10)5-7-22(15(11)25)9-14(24)20-13-4-2-3-6-17-13/h2-8H,9H2,1H3,(H,17,20,24). The lowest BCUT2D eigenvalue weighted by molar-refractivity contribution is -0.116. The number of carbonyl (C=O) groups excluding carboxylic acids is 1. The van der Waals surface area contributed by atoms with Crippen LogP contribution in [0.2, 0.25) is 0 Å². The van der Waals surface area contributed by atoms with Crippen LogP contribution >= 0.6 is 0 Å². The van der Waals surface area contributed by atoms with E-state index in [1.807, 2.05) is 0 Å². The van der Waals surface area contributed by atoms with Gasteiger partial charge in [0.15, 0.2) is 0 Å². The summed E-state index contributed by atoms with van der Waals surface area (Å²) in [7, 11) is 0. The molecule has 0 bridgehead atoms. The number of pyridine rings is 2. The van der Waals surface area contributed by atoms with Gasteiger partial charge in [0.05, 0.1) is 10.9 Å².